The summed E-state index contributed by atoms with van der Waals surface area (Å²) in [7, 11) is 0. The van der Waals surface area contributed by atoms with Crippen LogP contribution in [0.4, 0.5) is 10.1 Å². The number of hydrogen-bond donors (Lipinski definition) is 2. The van der Waals surface area contributed by atoms with E-state index in [9.17, 15) is 4.39 Å². The van der Waals surface area contributed by atoms with Gasteiger partial charge < -0.3 is 11.1 Å². The molecule has 0 amide bonds. The van der Waals surface area contributed by atoms with Crippen LogP contribution in [0.15, 0.2) is 48.5 Å². The summed E-state index contributed by atoms with van der Waals surface area (Å²) in [6.07, 6.45) is 0. The van der Waals surface area contributed by atoms with Crippen molar-refractivity contribution in [1.82, 2.24) is 0 Å². The molecule has 3 N–H and O–H groups in total. The molecule has 0 saturated carbocycles. The predicted octanol–water partition coefficient (Wildman–Crippen LogP) is 3.25. The summed E-state index contributed by atoms with van der Waals surface area (Å²) >= 11 is 0. The second-order valence-electron chi connectivity index (χ2n) is 4.35. The Hall–Kier alpha value is -1.87. The Morgan fingerprint density at radius 1 is 1.17 bits per heavy atom. The standard InChI is InChI=1S/C15H17FN2/c1-11-3-2-4-12(9-11)15(10-17)18-14-7-5-13(16)6-8-14/h2-9,15,18H,10,17H2,1H3. The van der Waals surface area contributed by atoms with E-state index in [-0.39, 0.29) is 11.9 Å². The molecule has 0 aliphatic rings. The van der Waals surface area contributed by atoms with Crippen LogP contribution in [0.5, 0.6) is 0 Å². The third-order valence-corrected chi connectivity index (χ3v) is 2.87. The molecular formula is C15H17FN2. The largest absolute Gasteiger partial charge is 0.377 e. The molecule has 0 spiro atoms. The van der Waals surface area contributed by atoms with E-state index in [1.807, 2.05) is 12.1 Å². The molecule has 0 aromatic heterocycles. The van der Waals surface area contributed by atoms with Crippen molar-refractivity contribution in [3.05, 3.63) is 65.5 Å². The first-order valence-corrected chi connectivity index (χ1v) is 5.98. The van der Waals surface area contributed by atoms with Crippen molar-refractivity contribution < 1.29 is 4.39 Å². The van der Waals surface area contributed by atoms with Gasteiger partial charge in [-0.3, -0.25) is 0 Å². The van der Waals surface area contributed by atoms with E-state index in [1.54, 1.807) is 12.1 Å². The second-order valence-corrected chi connectivity index (χ2v) is 4.35. The van der Waals surface area contributed by atoms with E-state index in [1.165, 1.54) is 17.7 Å². The molecule has 0 radical (unpaired) electrons. The fraction of sp³-hybridized carbons (Fsp3) is 0.200. The molecule has 0 aliphatic carbocycles. The molecule has 2 aromatic rings. The maximum atomic E-state index is 12.8. The summed E-state index contributed by atoms with van der Waals surface area (Å²) in [6.45, 7) is 2.54. The smallest absolute Gasteiger partial charge is 0.123 e. The Morgan fingerprint density at radius 3 is 2.50 bits per heavy atom. The van der Waals surface area contributed by atoms with E-state index in [4.69, 9.17) is 5.73 Å². The minimum absolute atomic E-state index is 0.0374. The minimum atomic E-state index is -0.236. The first-order chi connectivity index (χ1) is 8.69. The summed E-state index contributed by atoms with van der Waals surface area (Å²) in [5, 5.41) is 3.31. The lowest BCUT2D eigenvalue weighted by atomic mass is 10.0. The Labute approximate surface area is 107 Å². The molecule has 2 rings (SSSR count). The Morgan fingerprint density at radius 2 is 1.89 bits per heavy atom. The van der Waals surface area contributed by atoms with Gasteiger partial charge in [0.1, 0.15) is 5.82 Å². The molecule has 3 heteroatoms. The van der Waals surface area contributed by atoms with E-state index in [0.29, 0.717) is 6.54 Å². The molecule has 0 heterocycles. The number of halogens is 1. The number of benzene rings is 2. The molecule has 0 bridgehead atoms. The van der Waals surface area contributed by atoms with Crippen LogP contribution in [0.25, 0.3) is 0 Å². The molecule has 1 unspecified atom stereocenters. The maximum absolute atomic E-state index is 12.8. The van der Waals surface area contributed by atoms with Gasteiger partial charge in [0.2, 0.25) is 0 Å². The summed E-state index contributed by atoms with van der Waals surface area (Å²) in [5.41, 5.74) is 9.01. The predicted molar refractivity (Wildman–Crippen MR) is 73.0 cm³/mol. The average molecular weight is 244 g/mol. The quantitative estimate of drug-likeness (QED) is 0.866. The van der Waals surface area contributed by atoms with Crippen LogP contribution in [-0.2, 0) is 0 Å². The fourth-order valence-electron chi connectivity index (χ4n) is 1.91. The third-order valence-electron chi connectivity index (χ3n) is 2.87. The van der Waals surface area contributed by atoms with Crippen molar-refractivity contribution in [2.45, 2.75) is 13.0 Å². The van der Waals surface area contributed by atoms with Crippen molar-refractivity contribution in [3.8, 4) is 0 Å². The Kier molecular flexibility index (Phi) is 3.95. The first kappa shape index (κ1) is 12.6. The monoisotopic (exact) mass is 244 g/mol. The van der Waals surface area contributed by atoms with E-state index in [0.717, 1.165) is 11.3 Å². The highest BCUT2D eigenvalue weighted by Gasteiger charge is 2.09. The van der Waals surface area contributed by atoms with Gasteiger partial charge in [-0.2, -0.15) is 0 Å². The van der Waals surface area contributed by atoms with E-state index in [2.05, 4.69) is 24.4 Å². The van der Waals surface area contributed by atoms with Gasteiger partial charge in [-0.25, -0.2) is 4.39 Å². The van der Waals surface area contributed by atoms with Gasteiger partial charge in [-0.15, -0.1) is 0 Å². The van der Waals surface area contributed by atoms with Crippen molar-refractivity contribution >= 4 is 5.69 Å². The fourth-order valence-corrected chi connectivity index (χ4v) is 1.91. The molecule has 0 fully saturated rings. The van der Waals surface area contributed by atoms with Crippen molar-refractivity contribution in [1.29, 1.82) is 0 Å². The second kappa shape index (κ2) is 5.65. The topological polar surface area (TPSA) is 38.0 Å². The summed E-state index contributed by atoms with van der Waals surface area (Å²) < 4.78 is 12.8. The van der Waals surface area contributed by atoms with Gasteiger partial charge in [-0.05, 0) is 36.8 Å². The average Bonchev–Trinajstić information content (AvgIpc) is 2.38. The van der Waals surface area contributed by atoms with Crippen LogP contribution in [0.1, 0.15) is 17.2 Å². The first-order valence-electron chi connectivity index (χ1n) is 5.98. The summed E-state index contributed by atoms with van der Waals surface area (Å²) in [6, 6.07) is 14.6. The SMILES string of the molecule is Cc1cccc(C(CN)Nc2ccc(F)cc2)c1. The molecule has 2 aromatic carbocycles. The van der Waals surface area contributed by atoms with Crippen LogP contribution >= 0.6 is 0 Å². The van der Waals surface area contributed by atoms with Crippen LogP contribution < -0.4 is 11.1 Å². The molecule has 2 nitrogen and oxygen atoms in total. The molecule has 1 atom stereocenters. The van der Waals surface area contributed by atoms with Crippen molar-refractivity contribution in [2.75, 3.05) is 11.9 Å². The van der Waals surface area contributed by atoms with Crippen LogP contribution in [0.2, 0.25) is 0 Å². The summed E-state index contributed by atoms with van der Waals surface area (Å²) in [4.78, 5) is 0. The third kappa shape index (κ3) is 3.08. The molecule has 94 valence electrons. The number of nitrogens with two attached hydrogens (primary N) is 1. The van der Waals surface area contributed by atoms with E-state index >= 15 is 0 Å². The highest BCUT2D eigenvalue weighted by Crippen LogP contribution is 2.19. The number of rotatable bonds is 4. The lowest BCUT2D eigenvalue weighted by Crippen LogP contribution is -2.20. The normalized spacial score (nSPS) is 12.2. The zero-order valence-corrected chi connectivity index (χ0v) is 10.4. The Balaban J connectivity index is 2.17. The number of anilines is 1. The van der Waals surface area contributed by atoms with Crippen molar-refractivity contribution in [3.63, 3.8) is 0 Å². The highest BCUT2D eigenvalue weighted by molar-refractivity contribution is 5.46. The van der Waals surface area contributed by atoms with Gasteiger partial charge in [-0.1, -0.05) is 29.8 Å². The van der Waals surface area contributed by atoms with Crippen LogP contribution in [0.3, 0.4) is 0 Å². The highest BCUT2D eigenvalue weighted by atomic mass is 19.1. The maximum Gasteiger partial charge on any atom is 0.123 e. The van der Waals surface area contributed by atoms with Gasteiger partial charge in [0, 0.05) is 12.2 Å². The lowest BCUT2D eigenvalue weighted by molar-refractivity contribution is 0.628. The minimum Gasteiger partial charge on any atom is -0.377 e. The summed E-state index contributed by atoms with van der Waals surface area (Å²) in [5.74, 6) is -0.236. The Bertz CT molecular complexity index is 508. The van der Waals surface area contributed by atoms with Gasteiger partial charge in [0.15, 0.2) is 0 Å². The lowest BCUT2D eigenvalue weighted by Gasteiger charge is -2.19. The number of hydrogen-bond acceptors (Lipinski definition) is 2. The molecule has 0 aliphatic heterocycles. The van der Waals surface area contributed by atoms with Crippen LogP contribution in [0, 0.1) is 12.7 Å². The number of aryl methyl sites for hydroxylation is 1. The zero-order valence-electron chi connectivity index (χ0n) is 10.4. The molecule has 0 saturated heterocycles. The van der Waals surface area contributed by atoms with Gasteiger partial charge in [0.25, 0.3) is 0 Å². The van der Waals surface area contributed by atoms with Gasteiger partial charge in [0.05, 0.1) is 6.04 Å². The van der Waals surface area contributed by atoms with Crippen molar-refractivity contribution in [2.24, 2.45) is 5.73 Å². The van der Waals surface area contributed by atoms with E-state index < -0.39 is 0 Å². The van der Waals surface area contributed by atoms with Gasteiger partial charge >= 0.3 is 0 Å². The molecular weight excluding hydrogens is 227 g/mol. The number of nitrogens with one attached hydrogen (secondary N) is 1. The zero-order chi connectivity index (χ0) is 13.0. The molecule has 18 heavy (non-hydrogen) atoms. The van der Waals surface area contributed by atoms with Crippen LogP contribution in [-0.4, -0.2) is 6.54 Å².